The Morgan fingerprint density at radius 3 is 2.32 bits per heavy atom. The van der Waals surface area contributed by atoms with Crippen molar-refractivity contribution in [3.05, 3.63) is 47.0 Å². The van der Waals surface area contributed by atoms with E-state index in [1.807, 2.05) is 36.4 Å². The van der Waals surface area contributed by atoms with E-state index in [4.69, 9.17) is 16.3 Å². The number of Topliss-reactive ketones (excluding diaryl/α,β-unsaturated/α-hetero) is 1. The molecule has 132 valence electrons. The topological polar surface area (TPSA) is 59.4 Å². The summed E-state index contributed by atoms with van der Waals surface area (Å²) < 4.78 is 5.33. The van der Waals surface area contributed by atoms with Gasteiger partial charge in [-0.05, 0) is 58.0 Å². The number of methoxy groups -OCH3 is 1. The first-order valence-corrected chi connectivity index (χ1v) is 8.27. The second kappa shape index (κ2) is 7.38. The lowest BCUT2D eigenvalue weighted by Crippen LogP contribution is -2.16. The molecule has 0 amide bonds. The Hall–Kier alpha value is -2.17. The molecule has 0 aliphatic rings. The second-order valence-electron chi connectivity index (χ2n) is 6.54. The van der Waals surface area contributed by atoms with E-state index in [1.165, 1.54) is 13.8 Å². The monoisotopic (exact) mass is 359 g/mol. The number of aliphatic hydroxyl groups is 1. The van der Waals surface area contributed by atoms with Crippen LogP contribution < -0.4 is 4.74 Å². The molecule has 4 nitrogen and oxygen atoms in total. The van der Waals surface area contributed by atoms with E-state index in [9.17, 15) is 9.90 Å². The molecule has 3 aromatic rings. The maximum Gasteiger partial charge on any atom is 0.126 e. The van der Waals surface area contributed by atoms with E-state index in [0.717, 1.165) is 27.4 Å². The normalized spacial score (nSPS) is 11.2. The van der Waals surface area contributed by atoms with Crippen molar-refractivity contribution in [3.8, 4) is 5.75 Å². The van der Waals surface area contributed by atoms with Crippen molar-refractivity contribution in [1.82, 2.24) is 4.98 Å². The molecule has 0 spiro atoms. The zero-order valence-electron chi connectivity index (χ0n) is 15.1. The molecular weight excluding hydrogens is 338 g/mol. The molecule has 0 saturated carbocycles. The lowest BCUT2D eigenvalue weighted by molar-refractivity contribution is -0.114. The highest BCUT2D eigenvalue weighted by molar-refractivity contribution is 6.31. The van der Waals surface area contributed by atoms with Crippen molar-refractivity contribution in [1.29, 1.82) is 0 Å². The number of hydrogen-bond acceptors (Lipinski definition) is 4. The van der Waals surface area contributed by atoms with E-state index >= 15 is 0 Å². The van der Waals surface area contributed by atoms with Gasteiger partial charge in [-0.1, -0.05) is 17.7 Å². The Morgan fingerprint density at radius 2 is 1.76 bits per heavy atom. The predicted octanol–water partition coefficient (Wildman–Crippen LogP) is 4.87. The van der Waals surface area contributed by atoms with Crippen molar-refractivity contribution < 1.29 is 14.6 Å². The van der Waals surface area contributed by atoms with Crippen LogP contribution in [0, 0.1) is 0 Å². The molecule has 0 aliphatic carbocycles. The molecular formula is C20H22ClNO3. The molecule has 5 heteroatoms. The molecule has 0 radical (unpaired) electrons. The Morgan fingerprint density at radius 1 is 1.12 bits per heavy atom. The fourth-order valence-electron chi connectivity index (χ4n) is 2.47. The number of ether oxygens (including phenoxy) is 1. The molecule has 25 heavy (non-hydrogen) atoms. The molecule has 0 aliphatic heterocycles. The summed E-state index contributed by atoms with van der Waals surface area (Å²) in [6.07, 6.45) is 0. The van der Waals surface area contributed by atoms with Gasteiger partial charge in [-0.15, -0.1) is 0 Å². The average molecular weight is 360 g/mol. The maximum absolute atomic E-state index is 10.4. The number of pyridine rings is 1. The molecule has 1 aromatic heterocycles. The number of hydrogen-bond donors (Lipinski definition) is 1. The van der Waals surface area contributed by atoms with E-state index in [-0.39, 0.29) is 5.78 Å². The first kappa shape index (κ1) is 19.2. The highest BCUT2D eigenvalue weighted by Gasteiger charge is 2.21. The molecule has 1 heterocycles. The van der Waals surface area contributed by atoms with Gasteiger partial charge in [-0.3, -0.25) is 0 Å². The lowest BCUT2D eigenvalue weighted by Gasteiger charge is -2.20. The van der Waals surface area contributed by atoms with Gasteiger partial charge in [0.1, 0.15) is 11.5 Å². The third-order valence-corrected chi connectivity index (χ3v) is 3.78. The summed E-state index contributed by atoms with van der Waals surface area (Å²) in [5.41, 5.74) is 1.30. The van der Waals surface area contributed by atoms with Crippen molar-refractivity contribution in [2.45, 2.75) is 33.3 Å². The van der Waals surface area contributed by atoms with E-state index in [1.54, 1.807) is 21.0 Å². The first-order chi connectivity index (χ1) is 11.6. The van der Waals surface area contributed by atoms with Crippen LogP contribution in [0.1, 0.15) is 33.3 Å². The molecule has 0 bridgehead atoms. The zero-order valence-corrected chi connectivity index (χ0v) is 15.8. The molecule has 1 N–H and O–H groups in total. The van der Waals surface area contributed by atoms with E-state index in [2.05, 4.69) is 4.98 Å². The average Bonchev–Trinajstić information content (AvgIpc) is 2.50. The molecule has 3 rings (SSSR count). The van der Waals surface area contributed by atoms with Crippen molar-refractivity contribution in [2.24, 2.45) is 0 Å². The molecule has 2 aromatic carbocycles. The number of carbonyl (C=O) groups excluding carboxylic acids is 1. The lowest BCUT2D eigenvalue weighted by atomic mass is 9.94. The van der Waals surface area contributed by atoms with Crippen LogP contribution in [0.2, 0.25) is 5.02 Å². The van der Waals surface area contributed by atoms with Gasteiger partial charge in [-0.2, -0.15) is 0 Å². The van der Waals surface area contributed by atoms with Crippen molar-refractivity contribution in [2.75, 3.05) is 7.11 Å². The minimum Gasteiger partial charge on any atom is -0.497 e. The van der Waals surface area contributed by atoms with Crippen LogP contribution in [0.5, 0.6) is 5.75 Å². The number of nitrogens with zero attached hydrogens (tertiary/aromatic N) is 1. The summed E-state index contributed by atoms with van der Waals surface area (Å²) in [5, 5.41) is 13.0. The minimum atomic E-state index is -1.01. The summed E-state index contributed by atoms with van der Waals surface area (Å²) in [6.45, 7) is 6.54. The van der Waals surface area contributed by atoms with Gasteiger partial charge in [0, 0.05) is 21.4 Å². The highest BCUT2D eigenvalue weighted by Crippen LogP contribution is 2.33. The predicted molar refractivity (Wildman–Crippen MR) is 102 cm³/mol. The van der Waals surface area contributed by atoms with Gasteiger partial charge in [0.05, 0.1) is 23.7 Å². The Labute approximate surface area is 152 Å². The van der Waals surface area contributed by atoms with Gasteiger partial charge < -0.3 is 14.6 Å². The smallest absolute Gasteiger partial charge is 0.126 e. The number of aromatic nitrogens is 1. The zero-order chi connectivity index (χ0) is 18.8. The summed E-state index contributed by atoms with van der Waals surface area (Å²) in [7, 11) is 1.61. The summed E-state index contributed by atoms with van der Waals surface area (Å²) in [5.74, 6) is 0.870. The Kier molecular flexibility index (Phi) is 5.65. The molecule has 0 unspecified atom stereocenters. The number of ketones is 1. The van der Waals surface area contributed by atoms with Crippen LogP contribution in [-0.4, -0.2) is 23.0 Å². The Bertz CT molecular complexity index is 926. The molecule has 0 atom stereocenters. The van der Waals surface area contributed by atoms with Crippen molar-refractivity contribution >= 4 is 39.2 Å². The largest absolute Gasteiger partial charge is 0.497 e. The molecule has 0 saturated heterocycles. The van der Waals surface area contributed by atoms with Gasteiger partial charge in [0.25, 0.3) is 0 Å². The minimum absolute atomic E-state index is 0.167. The maximum atomic E-state index is 10.4. The first-order valence-electron chi connectivity index (χ1n) is 7.90. The third kappa shape index (κ3) is 4.68. The summed E-state index contributed by atoms with van der Waals surface area (Å²) >= 11 is 6.04. The van der Waals surface area contributed by atoms with Gasteiger partial charge in [-0.25, -0.2) is 4.98 Å². The molecule has 0 fully saturated rings. The van der Waals surface area contributed by atoms with Gasteiger partial charge in [0.15, 0.2) is 0 Å². The van der Waals surface area contributed by atoms with Crippen LogP contribution in [0.3, 0.4) is 0 Å². The SMILES string of the molecule is CC(C)=O.COc1cc(C(C)(C)O)c2nc3cc(Cl)ccc3cc2c1. The van der Waals surface area contributed by atoms with Crippen LogP contribution in [0.15, 0.2) is 36.4 Å². The van der Waals surface area contributed by atoms with Crippen molar-refractivity contribution in [3.63, 3.8) is 0 Å². The Balaban J connectivity index is 0.000000511. The fraction of sp³-hybridized carbons (Fsp3) is 0.300. The van der Waals surface area contributed by atoms with Crippen LogP contribution in [0.25, 0.3) is 21.8 Å². The number of fused-ring (bicyclic) bond motifs is 2. The van der Waals surface area contributed by atoms with E-state index < -0.39 is 5.60 Å². The standard InChI is InChI=1S/C17H16ClNO2.C3H6O/c1-17(2,20)14-9-13(21-3)7-11-6-10-4-5-12(18)8-15(10)19-16(11)14;1-3(2)4/h4-9,20H,1-3H3;1-2H3. The third-order valence-electron chi connectivity index (χ3n) is 3.54. The van der Waals surface area contributed by atoms with E-state index in [0.29, 0.717) is 10.8 Å². The number of rotatable bonds is 2. The summed E-state index contributed by atoms with van der Waals surface area (Å²) in [4.78, 5) is 14.1. The highest BCUT2D eigenvalue weighted by atomic mass is 35.5. The number of carbonyl (C=O) groups is 1. The van der Waals surface area contributed by atoms with Crippen LogP contribution in [-0.2, 0) is 10.4 Å². The fourth-order valence-corrected chi connectivity index (χ4v) is 2.64. The van der Waals surface area contributed by atoms with Gasteiger partial charge in [0.2, 0.25) is 0 Å². The number of benzene rings is 2. The quantitative estimate of drug-likeness (QED) is 0.663. The number of halogens is 1. The van der Waals surface area contributed by atoms with Crippen LogP contribution >= 0.6 is 11.6 Å². The summed E-state index contributed by atoms with van der Waals surface area (Å²) in [6, 6.07) is 11.4. The van der Waals surface area contributed by atoms with Gasteiger partial charge >= 0.3 is 0 Å². The van der Waals surface area contributed by atoms with Crippen LogP contribution in [0.4, 0.5) is 0 Å². The second-order valence-corrected chi connectivity index (χ2v) is 6.98.